The third-order valence-electron chi connectivity index (χ3n) is 1.50. The maximum atomic E-state index is 5.51. The topological polar surface area (TPSA) is 73.6 Å². The van der Waals surface area contributed by atoms with Crippen molar-refractivity contribution in [2.75, 3.05) is 13.2 Å². The molecule has 0 atom stereocenters. The number of hydrogen-bond donors (Lipinski definition) is 2. The van der Waals surface area contributed by atoms with Crippen LogP contribution in [0.15, 0.2) is 16.4 Å². The molecule has 0 aromatic heterocycles. The van der Waals surface area contributed by atoms with Gasteiger partial charge in [0, 0.05) is 11.9 Å². The molecule has 1 aliphatic heterocycles. The lowest BCUT2D eigenvalue weighted by atomic mass is 10.3. The number of nitrogens with two attached hydrogens (primary N) is 2. The van der Waals surface area contributed by atoms with Gasteiger partial charge in [-0.1, -0.05) is 0 Å². The van der Waals surface area contributed by atoms with E-state index >= 15 is 0 Å². The van der Waals surface area contributed by atoms with E-state index in [4.69, 9.17) is 16.2 Å². The van der Waals surface area contributed by atoms with E-state index in [1.807, 2.05) is 0 Å². The van der Waals surface area contributed by atoms with E-state index in [2.05, 4.69) is 4.99 Å². The molecule has 0 unspecified atom stereocenters. The number of allylic oxidation sites excluding steroid dienone is 2. The molecule has 4 N–H and O–H groups in total. The van der Waals surface area contributed by atoms with E-state index < -0.39 is 0 Å². The number of ether oxygens (including phenoxy) is 1. The molecular formula is C7H13N3O. The first kappa shape index (κ1) is 8.07. The van der Waals surface area contributed by atoms with Crippen molar-refractivity contribution in [2.24, 2.45) is 16.5 Å². The fraction of sp³-hybridized carbons (Fsp3) is 0.571. The monoisotopic (exact) mass is 155 g/mol. The van der Waals surface area contributed by atoms with Crippen LogP contribution in [-0.4, -0.2) is 25.5 Å². The van der Waals surface area contributed by atoms with Crippen molar-refractivity contribution in [2.45, 2.75) is 13.0 Å². The molecule has 4 heteroatoms. The van der Waals surface area contributed by atoms with Crippen molar-refractivity contribution < 1.29 is 4.74 Å². The summed E-state index contributed by atoms with van der Waals surface area (Å²) in [5.74, 6) is 0. The van der Waals surface area contributed by atoms with Crippen LogP contribution in [0.25, 0.3) is 0 Å². The van der Waals surface area contributed by atoms with Gasteiger partial charge in [-0.25, -0.2) is 0 Å². The molecule has 0 spiro atoms. The Morgan fingerprint density at radius 2 is 2.18 bits per heavy atom. The molecule has 0 amide bonds. The van der Waals surface area contributed by atoms with Crippen molar-refractivity contribution in [1.29, 1.82) is 0 Å². The molecule has 0 bridgehead atoms. The molecule has 0 radical (unpaired) electrons. The summed E-state index contributed by atoms with van der Waals surface area (Å²) in [6.45, 7) is 3.15. The van der Waals surface area contributed by atoms with Crippen LogP contribution in [0.2, 0.25) is 0 Å². The molecule has 4 nitrogen and oxygen atoms in total. The largest absolute Gasteiger partial charge is 0.401 e. The second-order valence-electron chi connectivity index (χ2n) is 2.61. The van der Waals surface area contributed by atoms with Gasteiger partial charge in [-0.2, -0.15) is 0 Å². The van der Waals surface area contributed by atoms with Gasteiger partial charge in [0.05, 0.1) is 25.0 Å². The summed E-state index contributed by atoms with van der Waals surface area (Å²) < 4.78 is 4.93. The van der Waals surface area contributed by atoms with Gasteiger partial charge in [0.2, 0.25) is 0 Å². The van der Waals surface area contributed by atoms with E-state index in [-0.39, 0.29) is 6.04 Å². The quantitative estimate of drug-likeness (QED) is 0.533. The Kier molecular flexibility index (Phi) is 2.48. The average molecular weight is 155 g/mol. The van der Waals surface area contributed by atoms with Crippen molar-refractivity contribution >= 4 is 6.21 Å². The van der Waals surface area contributed by atoms with E-state index in [0.29, 0.717) is 24.6 Å². The molecule has 0 aliphatic carbocycles. The van der Waals surface area contributed by atoms with Crippen LogP contribution in [0.4, 0.5) is 0 Å². The van der Waals surface area contributed by atoms with E-state index in [1.54, 1.807) is 13.1 Å². The summed E-state index contributed by atoms with van der Waals surface area (Å²) in [4.78, 5) is 4.14. The highest BCUT2D eigenvalue weighted by molar-refractivity contribution is 5.78. The standard InChI is InChI=1S/C7H13N3O/c1-5(8)7(9)2-10-6-3-11-4-6/h2,6H,3-4,8-9H2,1H3. The van der Waals surface area contributed by atoms with E-state index in [9.17, 15) is 0 Å². The first-order chi connectivity index (χ1) is 5.20. The SMILES string of the molecule is CC(N)=C(N)C=NC1COC1. The minimum Gasteiger partial charge on any atom is -0.401 e. The lowest BCUT2D eigenvalue weighted by Gasteiger charge is -2.21. The number of nitrogens with zero attached hydrogens (tertiary/aromatic N) is 1. The predicted octanol–water partition coefficient (Wildman–Crippen LogP) is -0.395. The lowest BCUT2D eigenvalue weighted by molar-refractivity contribution is 0.0135. The Balaban J connectivity index is 2.39. The van der Waals surface area contributed by atoms with Crippen LogP contribution in [0, 0.1) is 0 Å². The van der Waals surface area contributed by atoms with Crippen molar-refractivity contribution in [1.82, 2.24) is 0 Å². The molecule has 62 valence electrons. The van der Waals surface area contributed by atoms with Crippen LogP contribution < -0.4 is 11.5 Å². The van der Waals surface area contributed by atoms with Crippen molar-refractivity contribution in [3.05, 3.63) is 11.4 Å². The van der Waals surface area contributed by atoms with E-state index in [0.717, 1.165) is 0 Å². The number of aliphatic imine (C=N–C) groups is 1. The summed E-state index contributed by atoms with van der Waals surface area (Å²) in [6.07, 6.45) is 1.60. The van der Waals surface area contributed by atoms with Crippen LogP contribution >= 0.6 is 0 Å². The minimum atomic E-state index is 0.285. The van der Waals surface area contributed by atoms with Gasteiger partial charge in [0.15, 0.2) is 0 Å². The maximum absolute atomic E-state index is 5.51. The predicted molar refractivity (Wildman–Crippen MR) is 44.2 cm³/mol. The van der Waals surface area contributed by atoms with Gasteiger partial charge in [-0.05, 0) is 6.92 Å². The van der Waals surface area contributed by atoms with Gasteiger partial charge in [-0.3, -0.25) is 4.99 Å². The molecular weight excluding hydrogens is 142 g/mol. The van der Waals surface area contributed by atoms with E-state index in [1.165, 1.54) is 0 Å². The third kappa shape index (κ3) is 2.23. The fourth-order valence-electron chi connectivity index (χ4n) is 0.597. The second kappa shape index (κ2) is 3.39. The first-order valence-electron chi connectivity index (χ1n) is 3.53. The normalized spacial score (nSPS) is 21.5. The van der Waals surface area contributed by atoms with Gasteiger partial charge in [-0.15, -0.1) is 0 Å². The zero-order chi connectivity index (χ0) is 8.27. The third-order valence-corrected chi connectivity index (χ3v) is 1.50. The van der Waals surface area contributed by atoms with Crippen molar-refractivity contribution in [3.63, 3.8) is 0 Å². The van der Waals surface area contributed by atoms with Crippen LogP contribution in [0.5, 0.6) is 0 Å². The molecule has 1 fully saturated rings. The molecule has 1 rings (SSSR count). The second-order valence-corrected chi connectivity index (χ2v) is 2.61. The Morgan fingerprint density at radius 3 is 2.55 bits per heavy atom. The summed E-state index contributed by atoms with van der Waals surface area (Å²) in [5.41, 5.74) is 12.1. The molecule has 11 heavy (non-hydrogen) atoms. The zero-order valence-electron chi connectivity index (χ0n) is 6.58. The minimum absolute atomic E-state index is 0.285. The highest BCUT2D eigenvalue weighted by Crippen LogP contribution is 2.04. The maximum Gasteiger partial charge on any atom is 0.0966 e. The smallest absolute Gasteiger partial charge is 0.0966 e. The first-order valence-corrected chi connectivity index (χ1v) is 3.53. The van der Waals surface area contributed by atoms with Crippen LogP contribution in [-0.2, 0) is 4.74 Å². The van der Waals surface area contributed by atoms with Crippen LogP contribution in [0.3, 0.4) is 0 Å². The summed E-state index contributed by atoms with van der Waals surface area (Å²) in [5, 5.41) is 0. The lowest BCUT2D eigenvalue weighted by Crippen LogP contribution is -2.31. The molecule has 1 aliphatic rings. The summed E-state index contributed by atoms with van der Waals surface area (Å²) >= 11 is 0. The summed E-state index contributed by atoms with van der Waals surface area (Å²) in [7, 11) is 0. The van der Waals surface area contributed by atoms with Gasteiger partial charge in [0.1, 0.15) is 0 Å². The average Bonchev–Trinajstić information content (AvgIpc) is 1.83. The Morgan fingerprint density at radius 1 is 1.55 bits per heavy atom. The van der Waals surface area contributed by atoms with Gasteiger partial charge in [0.25, 0.3) is 0 Å². The van der Waals surface area contributed by atoms with Gasteiger partial charge >= 0.3 is 0 Å². The van der Waals surface area contributed by atoms with Crippen molar-refractivity contribution in [3.8, 4) is 0 Å². The Bertz CT molecular complexity index is 190. The molecule has 0 saturated carbocycles. The molecule has 0 aromatic rings. The Hall–Kier alpha value is -1.03. The molecule has 1 saturated heterocycles. The summed E-state index contributed by atoms with van der Waals surface area (Å²) in [6, 6.07) is 0.285. The van der Waals surface area contributed by atoms with Crippen LogP contribution in [0.1, 0.15) is 6.92 Å². The Labute approximate surface area is 65.9 Å². The highest BCUT2D eigenvalue weighted by Gasteiger charge is 2.15. The highest BCUT2D eigenvalue weighted by atomic mass is 16.5. The zero-order valence-corrected chi connectivity index (χ0v) is 6.58. The number of hydrogen-bond acceptors (Lipinski definition) is 4. The molecule has 1 heterocycles. The fourth-order valence-corrected chi connectivity index (χ4v) is 0.597. The molecule has 0 aromatic carbocycles. The van der Waals surface area contributed by atoms with Gasteiger partial charge < -0.3 is 16.2 Å². The number of rotatable bonds is 2.